The Labute approximate surface area is 128 Å². The fourth-order valence-electron chi connectivity index (χ4n) is 3.52. The van der Waals surface area contributed by atoms with Crippen LogP contribution >= 0.6 is 0 Å². The van der Waals surface area contributed by atoms with Crippen LogP contribution in [0.3, 0.4) is 0 Å². The normalized spacial score (nSPS) is 18.6. The predicted molar refractivity (Wildman–Crippen MR) is 86.0 cm³/mol. The first-order valence-electron chi connectivity index (χ1n) is 8.26. The Kier molecular flexibility index (Phi) is 6.68. The van der Waals surface area contributed by atoms with Crippen LogP contribution in [-0.4, -0.2) is 41.4 Å². The van der Waals surface area contributed by atoms with E-state index in [1.165, 1.54) is 31.2 Å². The average Bonchev–Trinajstić information content (AvgIpc) is 2.75. The van der Waals surface area contributed by atoms with Gasteiger partial charge in [0.1, 0.15) is 0 Å². The molecule has 0 radical (unpaired) electrons. The highest BCUT2D eigenvalue weighted by Gasteiger charge is 2.32. The SMILES string of the molecule is OCCN(Cc1ccccc1)CC1(CO)CCCCCC1. The van der Waals surface area contributed by atoms with Gasteiger partial charge in [-0.1, -0.05) is 56.0 Å². The third-order valence-corrected chi connectivity index (χ3v) is 4.72. The Balaban J connectivity index is 2.02. The van der Waals surface area contributed by atoms with Gasteiger partial charge in [0.15, 0.2) is 0 Å². The highest BCUT2D eigenvalue weighted by Crippen LogP contribution is 2.35. The van der Waals surface area contributed by atoms with Crippen LogP contribution in [0.1, 0.15) is 44.1 Å². The monoisotopic (exact) mass is 291 g/mol. The van der Waals surface area contributed by atoms with E-state index < -0.39 is 0 Å². The van der Waals surface area contributed by atoms with Gasteiger partial charge >= 0.3 is 0 Å². The number of nitrogens with zero attached hydrogens (tertiary/aromatic N) is 1. The summed E-state index contributed by atoms with van der Waals surface area (Å²) in [6, 6.07) is 10.4. The second-order valence-electron chi connectivity index (χ2n) is 6.49. The molecule has 0 heterocycles. The van der Waals surface area contributed by atoms with Gasteiger partial charge in [-0.2, -0.15) is 0 Å². The average molecular weight is 291 g/mol. The van der Waals surface area contributed by atoms with Crippen LogP contribution in [0.25, 0.3) is 0 Å². The Morgan fingerprint density at radius 1 is 0.952 bits per heavy atom. The van der Waals surface area contributed by atoms with Crippen LogP contribution in [0.15, 0.2) is 30.3 Å². The van der Waals surface area contributed by atoms with Gasteiger partial charge in [-0.3, -0.25) is 4.90 Å². The summed E-state index contributed by atoms with van der Waals surface area (Å²) in [4.78, 5) is 2.30. The number of hydrogen-bond acceptors (Lipinski definition) is 3. The topological polar surface area (TPSA) is 43.7 Å². The summed E-state index contributed by atoms with van der Waals surface area (Å²) in [5.41, 5.74) is 1.30. The van der Waals surface area contributed by atoms with Gasteiger partial charge in [-0.25, -0.2) is 0 Å². The van der Waals surface area contributed by atoms with Crippen molar-refractivity contribution in [1.82, 2.24) is 4.90 Å². The Bertz CT molecular complexity index is 385. The molecule has 0 atom stereocenters. The number of hydrogen-bond donors (Lipinski definition) is 2. The van der Waals surface area contributed by atoms with Crippen LogP contribution in [0.2, 0.25) is 0 Å². The van der Waals surface area contributed by atoms with Gasteiger partial charge in [0.25, 0.3) is 0 Å². The molecule has 1 aliphatic carbocycles. The van der Waals surface area contributed by atoms with E-state index in [2.05, 4.69) is 29.2 Å². The molecule has 1 aromatic carbocycles. The molecular weight excluding hydrogens is 262 g/mol. The van der Waals surface area contributed by atoms with Crippen molar-refractivity contribution in [3.05, 3.63) is 35.9 Å². The highest BCUT2D eigenvalue weighted by atomic mass is 16.3. The maximum atomic E-state index is 9.96. The molecule has 0 bridgehead atoms. The van der Waals surface area contributed by atoms with E-state index in [1.54, 1.807) is 0 Å². The first-order valence-corrected chi connectivity index (χ1v) is 8.26. The molecule has 0 aliphatic heterocycles. The largest absolute Gasteiger partial charge is 0.396 e. The number of rotatable bonds is 7. The van der Waals surface area contributed by atoms with Crippen molar-refractivity contribution in [2.45, 2.75) is 45.1 Å². The molecule has 118 valence electrons. The van der Waals surface area contributed by atoms with Crippen molar-refractivity contribution >= 4 is 0 Å². The molecule has 1 saturated carbocycles. The molecule has 0 saturated heterocycles. The molecule has 2 rings (SSSR count). The standard InChI is InChI=1S/C18H29NO2/c20-13-12-19(14-17-8-4-3-5-9-17)15-18(16-21)10-6-1-2-7-11-18/h3-5,8-9,20-21H,1-2,6-7,10-16H2. The number of aliphatic hydroxyl groups excluding tert-OH is 2. The summed E-state index contributed by atoms with van der Waals surface area (Å²) < 4.78 is 0. The lowest BCUT2D eigenvalue weighted by Crippen LogP contribution is -2.41. The van der Waals surface area contributed by atoms with Gasteiger partial charge in [0.05, 0.1) is 6.61 Å². The maximum absolute atomic E-state index is 9.96. The van der Waals surface area contributed by atoms with Crippen molar-refractivity contribution < 1.29 is 10.2 Å². The van der Waals surface area contributed by atoms with Gasteiger partial charge in [0, 0.05) is 31.7 Å². The van der Waals surface area contributed by atoms with E-state index >= 15 is 0 Å². The smallest absolute Gasteiger partial charge is 0.0558 e. The summed E-state index contributed by atoms with van der Waals surface area (Å²) in [7, 11) is 0. The molecular formula is C18H29NO2. The van der Waals surface area contributed by atoms with Crippen LogP contribution in [0, 0.1) is 5.41 Å². The van der Waals surface area contributed by atoms with Crippen LogP contribution in [0.4, 0.5) is 0 Å². The minimum Gasteiger partial charge on any atom is -0.396 e. The van der Waals surface area contributed by atoms with Crippen LogP contribution in [-0.2, 0) is 6.54 Å². The molecule has 1 fully saturated rings. The zero-order chi connectivity index (χ0) is 15.0. The molecule has 0 aromatic heterocycles. The van der Waals surface area contributed by atoms with Crippen LogP contribution < -0.4 is 0 Å². The van der Waals surface area contributed by atoms with Gasteiger partial charge in [0.2, 0.25) is 0 Å². The minimum atomic E-state index is 0.0282. The molecule has 0 amide bonds. The summed E-state index contributed by atoms with van der Waals surface area (Å²) >= 11 is 0. The molecule has 1 aliphatic rings. The molecule has 0 spiro atoms. The number of aliphatic hydroxyl groups is 2. The van der Waals surface area contributed by atoms with E-state index in [4.69, 9.17) is 0 Å². The van der Waals surface area contributed by atoms with Gasteiger partial charge in [-0.15, -0.1) is 0 Å². The van der Waals surface area contributed by atoms with Crippen molar-refractivity contribution in [1.29, 1.82) is 0 Å². The van der Waals surface area contributed by atoms with E-state index in [1.807, 2.05) is 6.07 Å². The molecule has 2 N–H and O–H groups in total. The van der Waals surface area contributed by atoms with Crippen LogP contribution in [0.5, 0.6) is 0 Å². The van der Waals surface area contributed by atoms with Crippen molar-refractivity contribution in [3.63, 3.8) is 0 Å². The maximum Gasteiger partial charge on any atom is 0.0558 e. The summed E-state index contributed by atoms with van der Waals surface area (Å²) in [5, 5.41) is 19.3. The summed E-state index contributed by atoms with van der Waals surface area (Å²) in [6.07, 6.45) is 7.25. The zero-order valence-corrected chi connectivity index (χ0v) is 13.0. The molecule has 0 unspecified atom stereocenters. The fourth-order valence-corrected chi connectivity index (χ4v) is 3.52. The lowest BCUT2D eigenvalue weighted by molar-refractivity contribution is 0.0491. The third kappa shape index (κ3) is 5.10. The first kappa shape index (κ1) is 16.5. The summed E-state index contributed by atoms with van der Waals surface area (Å²) in [6.45, 7) is 2.86. The zero-order valence-electron chi connectivity index (χ0n) is 13.0. The fraction of sp³-hybridized carbons (Fsp3) is 0.667. The second kappa shape index (κ2) is 8.52. The molecule has 3 nitrogen and oxygen atoms in total. The Morgan fingerprint density at radius 3 is 2.19 bits per heavy atom. The quantitative estimate of drug-likeness (QED) is 0.759. The summed E-state index contributed by atoms with van der Waals surface area (Å²) in [5.74, 6) is 0. The number of benzene rings is 1. The molecule has 21 heavy (non-hydrogen) atoms. The van der Waals surface area contributed by atoms with Crippen molar-refractivity contribution in [2.24, 2.45) is 5.41 Å². The van der Waals surface area contributed by atoms with E-state index in [9.17, 15) is 10.2 Å². The van der Waals surface area contributed by atoms with Crippen molar-refractivity contribution in [3.8, 4) is 0 Å². The van der Waals surface area contributed by atoms with Gasteiger partial charge < -0.3 is 10.2 Å². The Morgan fingerprint density at radius 2 is 1.62 bits per heavy atom. The first-order chi connectivity index (χ1) is 10.3. The highest BCUT2D eigenvalue weighted by molar-refractivity contribution is 5.14. The molecule has 3 heteroatoms. The van der Waals surface area contributed by atoms with E-state index in [0.29, 0.717) is 6.54 Å². The van der Waals surface area contributed by atoms with Gasteiger partial charge in [-0.05, 0) is 18.4 Å². The van der Waals surface area contributed by atoms with E-state index in [0.717, 1.165) is 25.9 Å². The lowest BCUT2D eigenvalue weighted by Gasteiger charge is -2.36. The molecule has 1 aromatic rings. The lowest BCUT2D eigenvalue weighted by atomic mass is 9.80. The van der Waals surface area contributed by atoms with Crippen molar-refractivity contribution in [2.75, 3.05) is 26.3 Å². The third-order valence-electron chi connectivity index (χ3n) is 4.72. The predicted octanol–water partition coefficient (Wildman–Crippen LogP) is 2.81. The van der Waals surface area contributed by atoms with E-state index in [-0.39, 0.29) is 18.6 Å². The minimum absolute atomic E-state index is 0.0282. The Hall–Kier alpha value is -0.900. The second-order valence-corrected chi connectivity index (χ2v) is 6.49.